The Kier molecular flexibility index (Phi) is 3.54. The highest BCUT2D eigenvalue weighted by molar-refractivity contribution is 5.47. The van der Waals surface area contributed by atoms with E-state index in [1.54, 1.807) is 0 Å². The smallest absolute Gasteiger partial charge is 0.132 e. The monoisotopic (exact) mass is 268 g/mol. The largest absolute Gasteiger partial charge is 0.380 e. The zero-order valence-electron chi connectivity index (χ0n) is 12.0. The minimum Gasteiger partial charge on any atom is -0.380 e. The van der Waals surface area contributed by atoms with Crippen molar-refractivity contribution >= 4 is 11.5 Å². The van der Waals surface area contributed by atoms with E-state index < -0.39 is 0 Å². The van der Waals surface area contributed by atoms with E-state index in [1.807, 2.05) is 19.9 Å². The number of rotatable bonds is 3. The number of benzene rings is 1. The summed E-state index contributed by atoms with van der Waals surface area (Å²) in [5, 5.41) is 3.58. The maximum Gasteiger partial charge on any atom is 0.132 e. The Hall–Kier alpha value is -2.10. The quantitative estimate of drug-likeness (QED) is 0.929. The van der Waals surface area contributed by atoms with Crippen LogP contribution in [0.25, 0.3) is 0 Å². The number of anilines is 2. The van der Waals surface area contributed by atoms with Gasteiger partial charge in [-0.15, -0.1) is 0 Å². The van der Waals surface area contributed by atoms with Crippen molar-refractivity contribution in [3.8, 4) is 0 Å². The van der Waals surface area contributed by atoms with Gasteiger partial charge in [-0.05, 0) is 32.4 Å². The summed E-state index contributed by atoms with van der Waals surface area (Å²) in [5.74, 6) is 1.90. The van der Waals surface area contributed by atoms with E-state index in [0.717, 1.165) is 36.8 Å². The highest BCUT2D eigenvalue weighted by atomic mass is 15.2. The molecule has 20 heavy (non-hydrogen) atoms. The summed E-state index contributed by atoms with van der Waals surface area (Å²) in [6.07, 6.45) is 1.14. The van der Waals surface area contributed by atoms with Gasteiger partial charge in [0.05, 0.1) is 0 Å². The van der Waals surface area contributed by atoms with Crippen molar-refractivity contribution in [2.45, 2.75) is 26.3 Å². The maximum atomic E-state index is 4.54. The normalized spacial score (nSPS) is 18.3. The first-order valence-corrected chi connectivity index (χ1v) is 7.09. The molecule has 1 aromatic carbocycles. The molecule has 1 unspecified atom stereocenters. The van der Waals surface area contributed by atoms with Gasteiger partial charge in [0.15, 0.2) is 0 Å². The fourth-order valence-electron chi connectivity index (χ4n) is 2.72. The molecule has 1 aromatic heterocycles. The third-order valence-electron chi connectivity index (χ3n) is 3.61. The molecule has 104 valence electrons. The van der Waals surface area contributed by atoms with Crippen LogP contribution in [-0.4, -0.2) is 29.1 Å². The third-order valence-corrected chi connectivity index (χ3v) is 3.61. The van der Waals surface area contributed by atoms with Gasteiger partial charge in [0.1, 0.15) is 11.6 Å². The lowest BCUT2D eigenvalue weighted by molar-refractivity contribution is 0.805. The highest BCUT2D eigenvalue weighted by Gasteiger charge is 2.23. The maximum absolute atomic E-state index is 4.54. The zero-order valence-corrected chi connectivity index (χ0v) is 12.0. The van der Waals surface area contributed by atoms with E-state index in [9.17, 15) is 0 Å². The second-order valence-electron chi connectivity index (χ2n) is 5.36. The first-order chi connectivity index (χ1) is 9.70. The van der Waals surface area contributed by atoms with Gasteiger partial charge in [0, 0.05) is 36.6 Å². The molecule has 4 nitrogen and oxygen atoms in total. The molecule has 0 amide bonds. The van der Waals surface area contributed by atoms with E-state index in [-0.39, 0.29) is 0 Å². The van der Waals surface area contributed by atoms with Gasteiger partial charge in [-0.2, -0.15) is 0 Å². The Bertz CT molecular complexity index is 562. The fraction of sp³-hybridized carbons (Fsp3) is 0.375. The Morgan fingerprint density at radius 1 is 1.15 bits per heavy atom. The van der Waals surface area contributed by atoms with Crippen molar-refractivity contribution < 1.29 is 0 Å². The first kappa shape index (κ1) is 12.9. The molecular weight excluding hydrogens is 248 g/mol. The highest BCUT2D eigenvalue weighted by Crippen LogP contribution is 2.21. The summed E-state index contributed by atoms with van der Waals surface area (Å²) in [6, 6.07) is 12.9. The van der Waals surface area contributed by atoms with Gasteiger partial charge < -0.3 is 10.2 Å². The van der Waals surface area contributed by atoms with Gasteiger partial charge in [-0.25, -0.2) is 9.97 Å². The standard InChI is InChI=1S/C16H20N4/c1-12-10-16(18-13(2)17-12)20-9-8-15(11-20)19-14-6-4-3-5-7-14/h3-7,10,15,19H,8-9,11H2,1-2H3. The lowest BCUT2D eigenvalue weighted by Gasteiger charge is -2.19. The molecule has 0 bridgehead atoms. The van der Waals surface area contributed by atoms with Crippen LogP contribution in [0, 0.1) is 13.8 Å². The second-order valence-corrected chi connectivity index (χ2v) is 5.36. The third kappa shape index (κ3) is 2.90. The summed E-state index contributed by atoms with van der Waals surface area (Å²) in [5.41, 5.74) is 2.22. The van der Waals surface area contributed by atoms with Crippen LogP contribution in [-0.2, 0) is 0 Å². The molecule has 0 radical (unpaired) electrons. The van der Waals surface area contributed by atoms with Crippen molar-refractivity contribution in [1.29, 1.82) is 0 Å². The van der Waals surface area contributed by atoms with Gasteiger partial charge in [0.2, 0.25) is 0 Å². The molecule has 1 atom stereocenters. The number of nitrogens with one attached hydrogen (secondary N) is 1. The summed E-state index contributed by atoms with van der Waals surface area (Å²) >= 11 is 0. The number of aromatic nitrogens is 2. The summed E-state index contributed by atoms with van der Waals surface area (Å²) in [4.78, 5) is 11.2. The van der Waals surface area contributed by atoms with E-state index >= 15 is 0 Å². The van der Waals surface area contributed by atoms with Crippen LogP contribution in [0.5, 0.6) is 0 Å². The molecule has 0 saturated carbocycles. The first-order valence-electron chi connectivity index (χ1n) is 7.09. The summed E-state index contributed by atoms with van der Waals surface area (Å²) < 4.78 is 0. The van der Waals surface area contributed by atoms with Crippen molar-refractivity contribution in [2.75, 3.05) is 23.3 Å². The SMILES string of the molecule is Cc1cc(N2CCC(Nc3ccccc3)C2)nc(C)n1. The lowest BCUT2D eigenvalue weighted by atomic mass is 10.2. The molecule has 0 aliphatic carbocycles. The molecule has 2 heterocycles. The van der Waals surface area contributed by atoms with Crippen molar-refractivity contribution in [2.24, 2.45) is 0 Å². The zero-order chi connectivity index (χ0) is 13.9. The van der Waals surface area contributed by atoms with Crippen LogP contribution < -0.4 is 10.2 Å². The van der Waals surface area contributed by atoms with E-state index in [4.69, 9.17) is 0 Å². The number of aryl methyl sites for hydroxylation is 2. The van der Waals surface area contributed by atoms with Crippen LogP contribution in [0.15, 0.2) is 36.4 Å². The average molecular weight is 268 g/mol. The molecule has 1 aliphatic rings. The Morgan fingerprint density at radius 2 is 1.95 bits per heavy atom. The number of para-hydroxylation sites is 1. The van der Waals surface area contributed by atoms with Crippen LogP contribution in [0.3, 0.4) is 0 Å². The van der Waals surface area contributed by atoms with E-state index in [2.05, 4.69) is 50.5 Å². The fourth-order valence-corrected chi connectivity index (χ4v) is 2.72. The van der Waals surface area contributed by atoms with Crippen molar-refractivity contribution in [3.05, 3.63) is 47.9 Å². The molecule has 3 rings (SSSR count). The number of hydrogen-bond acceptors (Lipinski definition) is 4. The van der Waals surface area contributed by atoms with Crippen LogP contribution in [0.4, 0.5) is 11.5 Å². The second kappa shape index (κ2) is 5.49. The molecule has 2 aromatic rings. The van der Waals surface area contributed by atoms with Crippen molar-refractivity contribution in [1.82, 2.24) is 9.97 Å². The Balaban J connectivity index is 1.67. The molecule has 1 aliphatic heterocycles. The van der Waals surface area contributed by atoms with Crippen LogP contribution >= 0.6 is 0 Å². The molecular formula is C16H20N4. The Morgan fingerprint density at radius 3 is 2.70 bits per heavy atom. The minimum atomic E-state index is 0.480. The average Bonchev–Trinajstić information content (AvgIpc) is 2.87. The number of hydrogen-bond donors (Lipinski definition) is 1. The van der Waals surface area contributed by atoms with Crippen LogP contribution in [0.1, 0.15) is 17.9 Å². The van der Waals surface area contributed by atoms with E-state index in [1.165, 1.54) is 5.69 Å². The molecule has 1 N–H and O–H groups in total. The van der Waals surface area contributed by atoms with E-state index in [0.29, 0.717) is 6.04 Å². The molecule has 0 spiro atoms. The molecule has 1 saturated heterocycles. The van der Waals surface area contributed by atoms with Gasteiger partial charge in [-0.3, -0.25) is 0 Å². The van der Waals surface area contributed by atoms with Crippen molar-refractivity contribution in [3.63, 3.8) is 0 Å². The predicted molar refractivity (Wildman–Crippen MR) is 82.2 cm³/mol. The lowest BCUT2D eigenvalue weighted by Crippen LogP contribution is -2.26. The topological polar surface area (TPSA) is 41.0 Å². The minimum absolute atomic E-state index is 0.480. The van der Waals surface area contributed by atoms with Gasteiger partial charge >= 0.3 is 0 Å². The molecule has 4 heteroatoms. The van der Waals surface area contributed by atoms with Gasteiger partial charge in [0.25, 0.3) is 0 Å². The summed E-state index contributed by atoms with van der Waals surface area (Å²) in [7, 11) is 0. The number of nitrogens with zero attached hydrogens (tertiary/aromatic N) is 3. The predicted octanol–water partition coefficient (Wildman–Crippen LogP) is 2.78. The molecule has 1 fully saturated rings. The summed E-state index contributed by atoms with van der Waals surface area (Å²) in [6.45, 7) is 6.01. The van der Waals surface area contributed by atoms with Crippen LogP contribution in [0.2, 0.25) is 0 Å². The Labute approximate surface area is 119 Å². The van der Waals surface area contributed by atoms with Gasteiger partial charge in [-0.1, -0.05) is 18.2 Å².